The predicted octanol–water partition coefficient (Wildman–Crippen LogP) is 1.52. The average Bonchev–Trinajstić information content (AvgIpc) is 2.49. The summed E-state index contributed by atoms with van der Waals surface area (Å²) >= 11 is 5.71. The summed E-state index contributed by atoms with van der Waals surface area (Å²) in [6.07, 6.45) is 2.20. The smallest absolute Gasteiger partial charge is 0.167 e. The number of oxime groups is 1. The molecule has 3 N–H and O–H groups in total. The van der Waals surface area contributed by atoms with Crippen molar-refractivity contribution in [1.29, 1.82) is 0 Å². The number of amidine groups is 1. The summed E-state index contributed by atoms with van der Waals surface area (Å²) in [6.45, 7) is 4.62. The molecule has 0 amide bonds. The van der Waals surface area contributed by atoms with Gasteiger partial charge in [-0.2, -0.15) is 0 Å². The second-order valence-corrected chi connectivity index (χ2v) is 5.37. The normalized spacial score (nSPS) is 18.8. The SMILES string of the molecule is CCC(C(N)=NO)N1CCN(c2ncc(Cl)cc2F)CC1. The van der Waals surface area contributed by atoms with Crippen LogP contribution >= 0.6 is 11.6 Å². The number of aromatic nitrogens is 1. The first-order chi connectivity index (χ1) is 10.1. The summed E-state index contributed by atoms with van der Waals surface area (Å²) in [5, 5.41) is 12.2. The van der Waals surface area contributed by atoms with Gasteiger partial charge in [-0.25, -0.2) is 9.37 Å². The minimum atomic E-state index is -0.417. The van der Waals surface area contributed by atoms with Gasteiger partial charge in [0.05, 0.1) is 11.1 Å². The van der Waals surface area contributed by atoms with Crippen molar-refractivity contribution in [3.63, 3.8) is 0 Å². The number of pyridine rings is 1. The van der Waals surface area contributed by atoms with E-state index in [0.29, 0.717) is 32.0 Å². The van der Waals surface area contributed by atoms with Crippen molar-refractivity contribution < 1.29 is 9.60 Å². The fourth-order valence-corrected chi connectivity index (χ4v) is 2.75. The number of halogens is 2. The highest BCUT2D eigenvalue weighted by Crippen LogP contribution is 2.21. The standard InChI is InChI=1S/C13H19ClFN5O/c1-2-11(12(16)18-21)19-3-5-20(6-4-19)13-10(15)7-9(14)8-17-13/h7-8,11,21H,2-6H2,1H3,(H2,16,18). The summed E-state index contributed by atoms with van der Waals surface area (Å²) in [4.78, 5) is 8.06. The van der Waals surface area contributed by atoms with Crippen LogP contribution in [0, 0.1) is 5.82 Å². The van der Waals surface area contributed by atoms with Crippen molar-refractivity contribution in [1.82, 2.24) is 9.88 Å². The lowest BCUT2D eigenvalue weighted by Crippen LogP contribution is -2.54. The summed E-state index contributed by atoms with van der Waals surface area (Å²) in [5.74, 6) is 0.108. The lowest BCUT2D eigenvalue weighted by molar-refractivity contribution is 0.215. The zero-order valence-electron chi connectivity index (χ0n) is 11.8. The Hall–Kier alpha value is -1.60. The maximum atomic E-state index is 13.9. The highest BCUT2D eigenvalue weighted by molar-refractivity contribution is 6.30. The van der Waals surface area contributed by atoms with Gasteiger partial charge in [0.15, 0.2) is 17.5 Å². The van der Waals surface area contributed by atoms with Crippen molar-refractivity contribution in [2.24, 2.45) is 10.9 Å². The molecule has 1 atom stereocenters. The van der Waals surface area contributed by atoms with Gasteiger partial charge >= 0.3 is 0 Å². The minimum absolute atomic E-state index is 0.0971. The molecule has 8 heteroatoms. The maximum Gasteiger partial charge on any atom is 0.167 e. The quantitative estimate of drug-likeness (QED) is 0.381. The Bertz CT molecular complexity index is 519. The Balaban J connectivity index is 2.03. The maximum absolute atomic E-state index is 13.9. The van der Waals surface area contributed by atoms with Crippen LogP contribution in [0.1, 0.15) is 13.3 Å². The van der Waals surface area contributed by atoms with Crippen molar-refractivity contribution in [2.75, 3.05) is 31.1 Å². The van der Waals surface area contributed by atoms with E-state index in [4.69, 9.17) is 22.5 Å². The molecule has 6 nitrogen and oxygen atoms in total. The highest BCUT2D eigenvalue weighted by Gasteiger charge is 2.27. The first-order valence-electron chi connectivity index (χ1n) is 6.84. The molecule has 2 rings (SSSR count). The molecular weight excluding hydrogens is 297 g/mol. The van der Waals surface area contributed by atoms with E-state index >= 15 is 0 Å². The van der Waals surface area contributed by atoms with Gasteiger partial charge in [0, 0.05) is 32.4 Å². The summed E-state index contributed by atoms with van der Waals surface area (Å²) in [7, 11) is 0. The molecule has 2 heterocycles. The fraction of sp³-hybridized carbons (Fsp3) is 0.538. The molecule has 0 saturated carbocycles. The number of anilines is 1. The average molecular weight is 316 g/mol. The van der Waals surface area contributed by atoms with Gasteiger partial charge in [-0.1, -0.05) is 23.7 Å². The van der Waals surface area contributed by atoms with E-state index in [-0.39, 0.29) is 16.9 Å². The van der Waals surface area contributed by atoms with Crippen LogP contribution in [0.15, 0.2) is 17.4 Å². The summed E-state index contributed by atoms with van der Waals surface area (Å²) < 4.78 is 13.9. The lowest BCUT2D eigenvalue weighted by atomic mass is 10.1. The Labute approximate surface area is 128 Å². The third-order valence-electron chi connectivity index (χ3n) is 3.69. The molecule has 0 radical (unpaired) electrons. The van der Waals surface area contributed by atoms with Crippen LogP contribution in [-0.4, -0.2) is 53.1 Å². The van der Waals surface area contributed by atoms with Crippen molar-refractivity contribution in [3.8, 4) is 0 Å². The van der Waals surface area contributed by atoms with Crippen molar-refractivity contribution >= 4 is 23.3 Å². The third kappa shape index (κ3) is 3.54. The van der Waals surface area contributed by atoms with E-state index in [9.17, 15) is 4.39 Å². The molecule has 21 heavy (non-hydrogen) atoms. The number of rotatable bonds is 4. The van der Waals surface area contributed by atoms with E-state index in [1.165, 1.54) is 12.3 Å². The van der Waals surface area contributed by atoms with Gasteiger partial charge in [-0.05, 0) is 12.5 Å². The van der Waals surface area contributed by atoms with Crippen LogP contribution in [0.2, 0.25) is 5.02 Å². The second kappa shape index (κ2) is 6.91. The third-order valence-corrected chi connectivity index (χ3v) is 3.89. The lowest BCUT2D eigenvalue weighted by Gasteiger charge is -2.39. The number of nitrogens with zero attached hydrogens (tertiary/aromatic N) is 4. The van der Waals surface area contributed by atoms with Gasteiger partial charge in [-0.15, -0.1) is 0 Å². The molecule has 1 aliphatic rings. The monoisotopic (exact) mass is 315 g/mol. The van der Waals surface area contributed by atoms with E-state index in [1.807, 2.05) is 11.8 Å². The molecule has 0 aromatic carbocycles. The number of hydrogen-bond acceptors (Lipinski definition) is 5. The first kappa shape index (κ1) is 15.8. The molecule has 0 spiro atoms. The summed E-state index contributed by atoms with van der Waals surface area (Å²) in [5.41, 5.74) is 5.70. The van der Waals surface area contributed by atoms with Crippen molar-refractivity contribution in [3.05, 3.63) is 23.1 Å². The zero-order chi connectivity index (χ0) is 15.4. The molecule has 1 aromatic rings. The van der Waals surface area contributed by atoms with Gasteiger partial charge < -0.3 is 15.8 Å². The Kier molecular flexibility index (Phi) is 5.19. The molecule has 116 valence electrons. The number of nitrogens with two attached hydrogens (primary N) is 1. The highest BCUT2D eigenvalue weighted by atomic mass is 35.5. The van der Waals surface area contributed by atoms with Crippen LogP contribution in [0.3, 0.4) is 0 Å². The molecule has 1 saturated heterocycles. The van der Waals surface area contributed by atoms with Crippen molar-refractivity contribution in [2.45, 2.75) is 19.4 Å². The molecule has 1 fully saturated rings. The van der Waals surface area contributed by atoms with Crippen LogP contribution in [0.25, 0.3) is 0 Å². The van der Waals surface area contributed by atoms with E-state index in [2.05, 4.69) is 15.0 Å². The first-order valence-corrected chi connectivity index (χ1v) is 7.22. The molecular formula is C13H19ClFN5O. The van der Waals surface area contributed by atoms with Gasteiger partial charge in [-0.3, -0.25) is 4.90 Å². The van der Waals surface area contributed by atoms with Crippen LogP contribution in [0.4, 0.5) is 10.2 Å². The molecule has 1 aromatic heterocycles. The molecule has 1 unspecified atom stereocenters. The second-order valence-electron chi connectivity index (χ2n) is 4.93. The minimum Gasteiger partial charge on any atom is -0.409 e. The van der Waals surface area contributed by atoms with E-state index in [0.717, 1.165) is 6.42 Å². The Morgan fingerprint density at radius 3 is 2.71 bits per heavy atom. The van der Waals surface area contributed by atoms with Crippen LogP contribution in [0.5, 0.6) is 0 Å². The number of hydrogen-bond donors (Lipinski definition) is 2. The Morgan fingerprint density at radius 1 is 1.52 bits per heavy atom. The van der Waals surface area contributed by atoms with Crippen LogP contribution < -0.4 is 10.6 Å². The van der Waals surface area contributed by atoms with Gasteiger partial charge in [0.1, 0.15) is 0 Å². The fourth-order valence-electron chi connectivity index (χ4n) is 2.61. The molecule has 0 bridgehead atoms. The van der Waals surface area contributed by atoms with Gasteiger partial charge in [0.25, 0.3) is 0 Å². The van der Waals surface area contributed by atoms with E-state index in [1.54, 1.807) is 0 Å². The molecule has 0 aliphatic carbocycles. The summed E-state index contributed by atoms with van der Waals surface area (Å²) in [6, 6.07) is 1.17. The Morgan fingerprint density at radius 2 is 2.19 bits per heavy atom. The largest absolute Gasteiger partial charge is 0.409 e. The van der Waals surface area contributed by atoms with Gasteiger partial charge in [0.2, 0.25) is 0 Å². The predicted molar refractivity (Wildman–Crippen MR) is 80.5 cm³/mol. The molecule has 1 aliphatic heterocycles. The van der Waals surface area contributed by atoms with Crippen LogP contribution in [-0.2, 0) is 0 Å². The zero-order valence-corrected chi connectivity index (χ0v) is 12.6. The topological polar surface area (TPSA) is 78.0 Å². The number of piperazine rings is 1. The van der Waals surface area contributed by atoms with E-state index < -0.39 is 5.82 Å².